The lowest BCUT2D eigenvalue weighted by Gasteiger charge is -2.41. The molecule has 1 aromatic heterocycles. The molecule has 0 radical (unpaired) electrons. The van der Waals surface area contributed by atoms with E-state index in [0.29, 0.717) is 5.25 Å². The Balaban J connectivity index is 1.91. The van der Waals surface area contributed by atoms with Crippen LogP contribution in [0.25, 0.3) is 0 Å². The molecule has 3 rings (SSSR count). The van der Waals surface area contributed by atoms with E-state index in [1.807, 2.05) is 17.5 Å². The van der Waals surface area contributed by atoms with E-state index in [9.17, 15) is 0 Å². The molecule has 16 heavy (non-hydrogen) atoms. The Labute approximate surface area is 105 Å². The van der Waals surface area contributed by atoms with Crippen molar-refractivity contribution < 1.29 is 0 Å². The van der Waals surface area contributed by atoms with E-state index in [4.69, 9.17) is 0 Å². The molecule has 1 aliphatic carbocycles. The Morgan fingerprint density at radius 2 is 2.38 bits per heavy atom. The van der Waals surface area contributed by atoms with Crippen molar-refractivity contribution in [3.63, 3.8) is 0 Å². The Bertz CT molecular complexity index is 348. The third kappa shape index (κ3) is 1.91. The molecular weight excluding hydrogens is 236 g/mol. The number of aromatic nitrogens is 1. The van der Waals surface area contributed by atoms with E-state index in [0.717, 1.165) is 6.04 Å². The van der Waals surface area contributed by atoms with Gasteiger partial charge in [-0.3, -0.25) is 0 Å². The van der Waals surface area contributed by atoms with Gasteiger partial charge in [-0.1, -0.05) is 6.92 Å². The van der Waals surface area contributed by atoms with Crippen LogP contribution in [-0.4, -0.2) is 22.0 Å². The zero-order chi connectivity index (χ0) is 11.0. The lowest BCUT2D eigenvalue weighted by atomic mass is 9.90. The lowest BCUT2D eigenvalue weighted by molar-refractivity contribution is 0.291. The number of thioether (sulfide) groups is 1. The molecule has 4 heteroatoms. The minimum Gasteiger partial charge on any atom is -0.302 e. The molecule has 0 bridgehead atoms. The van der Waals surface area contributed by atoms with Gasteiger partial charge >= 0.3 is 0 Å². The van der Waals surface area contributed by atoms with Crippen molar-refractivity contribution in [1.82, 2.24) is 10.3 Å². The molecule has 0 spiro atoms. The van der Waals surface area contributed by atoms with E-state index in [1.165, 1.54) is 36.4 Å². The van der Waals surface area contributed by atoms with Crippen LogP contribution >= 0.6 is 23.1 Å². The molecule has 2 atom stereocenters. The highest BCUT2D eigenvalue weighted by Gasteiger charge is 2.45. The first-order valence-corrected chi connectivity index (χ1v) is 8.03. The maximum atomic E-state index is 4.59. The highest BCUT2D eigenvalue weighted by Crippen LogP contribution is 2.44. The number of hydrogen-bond donors (Lipinski definition) is 1. The number of thiazole rings is 1. The maximum absolute atomic E-state index is 4.59. The SMILES string of the molecule is CC1SCCCC1(NC1CC1)c1nccs1. The summed E-state index contributed by atoms with van der Waals surface area (Å²) in [5.41, 5.74) is 0.165. The molecule has 1 saturated carbocycles. The summed E-state index contributed by atoms with van der Waals surface area (Å²) in [6, 6.07) is 0.755. The Kier molecular flexibility index (Phi) is 2.98. The van der Waals surface area contributed by atoms with Crippen molar-refractivity contribution in [1.29, 1.82) is 0 Å². The Hall–Kier alpha value is -0.0600. The molecular formula is C12H18N2S2. The topological polar surface area (TPSA) is 24.9 Å². The van der Waals surface area contributed by atoms with E-state index < -0.39 is 0 Å². The third-order valence-electron chi connectivity index (χ3n) is 3.63. The van der Waals surface area contributed by atoms with Crippen LogP contribution in [0.3, 0.4) is 0 Å². The number of rotatable bonds is 3. The summed E-state index contributed by atoms with van der Waals surface area (Å²) in [4.78, 5) is 4.59. The van der Waals surface area contributed by atoms with Crippen molar-refractivity contribution in [2.45, 2.75) is 49.4 Å². The first kappa shape index (κ1) is 11.1. The van der Waals surface area contributed by atoms with Crippen LogP contribution in [0.5, 0.6) is 0 Å². The summed E-state index contributed by atoms with van der Waals surface area (Å²) in [6.07, 6.45) is 7.22. The van der Waals surface area contributed by atoms with Gasteiger partial charge in [0.25, 0.3) is 0 Å². The fourth-order valence-corrected chi connectivity index (χ4v) is 4.77. The number of hydrogen-bond acceptors (Lipinski definition) is 4. The van der Waals surface area contributed by atoms with E-state index >= 15 is 0 Å². The van der Waals surface area contributed by atoms with Gasteiger partial charge in [0, 0.05) is 22.9 Å². The van der Waals surface area contributed by atoms with E-state index in [-0.39, 0.29) is 5.54 Å². The molecule has 2 fully saturated rings. The van der Waals surface area contributed by atoms with Crippen LogP contribution in [-0.2, 0) is 5.54 Å². The summed E-state index contributed by atoms with van der Waals surface area (Å²) in [7, 11) is 0. The van der Waals surface area contributed by atoms with E-state index in [2.05, 4.69) is 34.4 Å². The van der Waals surface area contributed by atoms with Gasteiger partial charge in [0.2, 0.25) is 0 Å². The third-order valence-corrected chi connectivity index (χ3v) is 6.01. The quantitative estimate of drug-likeness (QED) is 0.897. The summed E-state index contributed by atoms with van der Waals surface area (Å²) in [6.45, 7) is 2.36. The van der Waals surface area contributed by atoms with Gasteiger partial charge in [-0.2, -0.15) is 11.8 Å². The van der Waals surface area contributed by atoms with Crippen molar-refractivity contribution in [2.75, 3.05) is 5.75 Å². The highest BCUT2D eigenvalue weighted by atomic mass is 32.2. The van der Waals surface area contributed by atoms with Crippen LogP contribution < -0.4 is 5.32 Å². The van der Waals surface area contributed by atoms with Crippen LogP contribution in [0, 0.1) is 0 Å². The molecule has 1 aliphatic heterocycles. The second kappa shape index (κ2) is 4.31. The maximum Gasteiger partial charge on any atom is 0.114 e. The first-order chi connectivity index (χ1) is 7.81. The minimum absolute atomic E-state index is 0.165. The van der Waals surface area contributed by atoms with E-state index in [1.54, 1.807) is 0 Å². The lowest BCUT2D eigenvalue weighted by Crippen LogP contribution is -2.52. The summed E-state index contributed by atoms with van der Waals surface area (Å²) in [5, 5.41) is 7.95. The van der Waals surface area contributed by atoms with Gasteiger partial charge in [-0.25, -0.2) is 4.98 Å². The molecule has 2 heterocycles. The summed E-state index contributed by atoms with van der Waals surface area (Å²) < 4.78 is 0. The highest BCUT2D eigenvalue weighted by molar-refractivity contribution is 8.00. The zero-order valence-corrected chi connectivity index (χ0v) is 11.2. The van der Waals surface area contributed by atoms with Crippen LogP contribution in [0.2, 0.25) is 0 Å². The van der Waals surface area contributed by atoms with Gasteiger partial charge in [0.1, 0.15) is 5.01 Å². The fraction of sp³-hybridized carbons (Fsp3) is 0.750. The molecule has 0 aromatic carbocycles. The van der Waals surface area contributed by atoms with Gasteiger partial charge in [0.05, 0.1) is 5.54 Å². The van der Waals surface area contributed by atoms with Gasteiger partial charge in [0.15, 0.2) is 0 Å². The fourth-order valence-electron chi connectivity index (χ4n) is 2.52. The number of nitrogens with zero attached hydrogens (tertiary/aromatic N) is 1. The molecule has 0 amide bonds. The van der Waals surface area contributed by atoms with Gasteiger partial charge in [-0.15, -0.1) is 11.3 Å². The molecule has 1 saturated heterocycles. The van der Waals surface area contributed by atoms with Crippen molar-refractivity contribution >= 4 is 23.1 Å². The first-order valence-electron chi connectivity index (χ1n) is 6.10. The molecule has 1 N–H and O–H groups in total. The summed E-state index contributed by atoms with van der Waals surface area (Å²) in [5.74, 6) is 1.31. The molecule has 88 valence electrons. The minimum atomic E-state index is 0.165. The van der Waals surface area contributed by atoms with Crippen molar-refractivity contribution in [3.05, 3.63) is 16.6 Å². The predicted octanol–water partition coefficient (Wildman–Crippen LogP) is 3.01. The largest absolute Gasteiger partial charge is 0.302 e. The van der Waals surface area contributed by atoms with Crippen LogP contribution in [0.1, 0.15) is 37.6 Å². The van der Waals surface area contributed by atoms with Crippen molar-refractivity contribution in [3.8, 4) is 0 Å². The second-order valence-electron chi connectivity index (χ2n) is 4.84. The average Bonchev–Trinajstić information content (AvgIpc) is 2.93. The smallest absolute Gasteiger partial charge is 0.114 e. The molecule has 2 unspecified atom stereocenters. The standard InChI is InChI=1S/C12H18N2S2/c1-9-12(5-2-7-15-9,14-10-3-4-10)11-13-6-8-16-11/h6,8-10,14H,2-5,7H2,1H3. The van der Waals surface area contributed by atoms with Crippen LogP contribution in [0.15, 0.2) is 11.6 Å². The number of nitrogens with one attached hydrogen (secondary N) is 1. The summed E-state index contributed by atoms with van der Waals surface area (Å²) >= 11 is 3.91. The van der Waals surface area contributed by atoms with Gasteiger partial charge < -0.3 is 5.32 Å². The Morgan fingerprint density at radius 1 is 1.50 bits per heavy atom. The Morgan fingerprint density at radius 3 is 3.00 bits per heavy atom. The van der Waals surface area contributed by atoms with Crippen molar-refractivity contribution in [2.24, 2.45) is 0 Å². The van der Waals surface area contributed by atoms with Gasteiger partial charge in [-0.05, 0) is 31.4 Å². The molecule has 1 aromatic rings. The monoisotopic (exact) mass is 254 g/mol. The normalized spacial score (nSPS) is 35.2. The molecule has 2 aliphatic rings. The van der Waals surface area contributed by atoms with Crippen LogP contribution in [0.4, 0.5) is 0 Å². The second-order valence-corrected chi connectivity index (χ2v) is 7.19. The molecule has 2 nitrogen and oxygen atoms in total. The average molecular weight is 254 g/mol. The predicted molar refractivity (Wildman–Crippen MR) is 71.1 cm³/mol. The zero-order valence-electron chi connectivity index (χ0n) is 9.61.